The van der Waals surface area contributed by atoms with Gasteiger partial charge in [0, 0.05) is 19.3 Å². The summed E-state index contributed by atoms with van der Waals surface area (Å²) < 4.78 is 17.0. The predicted octanol–water partition coefficient (Wildman–Crippen LogP) is 23.9. The molecular formula is C76H128O6. The summed E-state index contributed by atoms with van der Waals surface area (Å²) in [5.41, 5.74) is 0. The summed E-state index contributed by atoms with van der Waals surface area (Å²) in [5.74, 6) is -0.920. The third-order valence-electron chi connectivity index (χ3n) is 14.7. The first-order valence-electron chi connectivity index (χ1n) is 34.5. The summed E-state index contributed by atoms with van der Waals surface area (Å²) in [6, 6.07) is 0. The third kappa shape index (κ3) is 66.6. The normalized spacial score (nSPS) is 12.9. The van der Waals surface area contributed by atoms with Gasteiger partial charge >= 0.3 is 17.9 Å². The van der Waals surface area contributed by atoms with Gasteiger partial charge < -0.3 is 14.2 Å². The molecule has 0 amide bonds. The Morgan fingerprint density at radius 1 is 0.256 bits per heavy atom. The molecule has 0 aliphatic rings. The Hall–Kier alpha value is -4.19. The van der Waals surface area contributed by atoms with Crippen LogP contribution in [0.15, 0.2) is 122 Å². The first kappa shape index (κ1) is 77.8. The molecule has 0 N–H and O–H groups in total. The lowest BCUT2D eigenvalue weighted by molar-refractivity contribution is -0.167. The summed E-state index contributed by atoms with van der Waals surface area (Å²) in [4.78, 5) is 38.5. The minimum Gasteiger partial charge on any atom is -0.462 e. The van der Waals surface area contributed by atoms with Gasteiger partial charge in [-0.2, -0.15) is 0 Å². The molecular weight excluding hydrogens is 1010 g/mol. The van der Waals surface area contributed by atoms with Crippen molar-refractivity contribution in [1.29, 1.82) is 0 Å². The van der Waals surface area contributed by atoms with E-state index in [1.54, 1.807) is 0 Å². The molecule has 0 heterocycles. The number of allylic oxidation sites excluding steroid dienone is 20. The fourth-order valence-corrected chi connectivity index (χ4v) is 9.57. The maximum absolute atomic E-state index is 12.9. The van der Waals surface area contributed by atoms with Crippen LogP contribution in [0.1, 0.15) is 323 Å². The molecule has 1 unspecified atom stereocenters. The lowest BCUT2D eigenvalue weighted by atomic mass is 10.0. The molecule has 82 heavy (non-hydrogen) atoms. The Labute approximate surface area is 507 Å². The predicted molar refractivity (Wildman–Crippen MR) is 357 cm³/mol. The lowest BCUT2D eigenvalue weighted by Crippen LogP contribution is -2.30. The van der Waals surface area contributed by atoms with Crippen LogP contribution in [-0.4, -0.2) is 37.2 Å². The van der Waals surface area contributed by atoms with Gasteiger partial charge in [0.25, 0.3) is 0 Å². The smallest absolute Gasteiger partial charge is 0.306 e. The van der Waals surface area contributed by atoms with Crippen molar-refractivity contribution in [2.24, 2.45) is 0 Å². The van der Waals surface area contributed by atoms with Crippen LogP contribution in [0.3, 0.4) is 0 Å². The van der Waals surface area contributed by atoms with Crippen LogP contribution >= 0.6 is 0 Å². The van der Waals surface area contributed by atoms with E-state index in [9.17, 15) is 14.4 Å². The van der Waals surface area contributed by atoms with Crippen LogP contribution in [0, 0.1) is 0 Å². The number of hydrogen-bond donors (Lipinski definition) is 0. The Bertz CT molecular complexity index is 1690. The van der Waals surface area contributed by atoms with E-state index in [1.807, 2.05) is 0 Å². The number of unbranched alkanes of at least 4 members (excludes halogenated alkanes) is 31. The molecule has 0 aromatic carbocycles. The molecule has 0 saturated heterocycles. The van der Waals surface area contributed by atoms with E-state index in [2.05, 4.69) is 142 Å². The van der Waals surface area contributed by atoms with Gasteiger partial charge in [0.15, 0.2) is 6.10 Å². The number of carbonyl (C=O) groups excluding carboxylic acids is 3. The molecule has 468 valence electrons. The summed E-state index contributed by atoms with van der Waals surface area (Å²) in [7, 11) is 0. The van der Waals surface area contributed by atoms with Crippen molar-refractivity contribution in [3.05, 3.63) is 122 Å². The van der Waals surface area contributed by atoms with Gasteiger partial charge in [-0.25, -0.2) is 0 Å². The minimum absolute atomic E-state index is 0.0937. The van der Waals surface area contributed by atoms with Crippen LogP contribution in [0.4, 0.5) is 0 Å². The second-order valence-electron chi connectivity index (χ2n) is 22.7. The van der Waals surface area contributed by atoms with Gasteiger partial charge in [-0.15, -0.1) is 0 Å². The number of esters is 3. The highest BCUT2D eigenvalue weighted by atomic mass is 16.6. The second kappa shape index (κ2) is 69.3. The summed E-state index contributed by atoms with van der Waals surface area (Å²) >= 11 is 0. The molecule has 0 bridgehead atoms. The van der Waals surface area contributed by atoms with Gasteiger partial charge in [-0.1, -0.05) is 296 Å². The number of carbonyl (C=O) groups is 3. The Kier molecular flexibility index (Phi) is 65.8. The maximum Gasteiger partial charge on any atom is 0.306 e. The monoisotopic (exact) mass is 1140 g/mol. The second-order valence-corrected chi connectivity index (χ2v) is 22.7. The lowest BCUT2D eigenvalue weighted by Gasteiger charge is -2.18. The highest BCUT2D eigenvalue weighted by Crippen LogP contribution is 2.16. The summed E-state index contributed by atoms with van der Waals surface area (Å²) in [6.45, 7) is 6.41. The van der Waals surface area contributed by atoms with E-state index in [0.717, 1.165) is 122 Å². The van der Waals surface area contributed by atoms with Crippen molar-refractivity contribution in [3.63, 3.8) is 0 Å². The SMILES string of the molecule is CC/C=C\C/C=C\C/C=C\C/C=C\C/C=C\CCCCCC(=O)OC(COC(=O)CCCCCCCCC/C=C\CCCCCCCCC)COC(=O)CCCCCCCCCCCCCCCC/C=C\C/C=C\C/C=C\C/C=C\CC. The zero-order valence-electron chi connectivity index (χ0n) is 53.7. The van der Waals surface area contributed by atoms with Crippen molar-refractivity contribution in [2.45, 2.75) is 329 Å². The Morgan fingerprint density at radius 3 is 0.768 bits per heavy atom. The van der Waals surface area contributed by atoms with Crippen LogP contribution < -0.4 is 0 Å². The van der Waals surface area contributed by atoms with E-state index in [4.69, 9.17) is 14.2 Å². The molecule has 0 saturated carbocycles. The maximum atomic E-state index is 12.9. The van der Waals surface area contributed by atoms with E-state index in [-0.39, 0.29) is 37.5 Å². The average molecular weight is 1140 g/mol. The zero-order valence-corrected chi connectivity index (χ0v) is 53.7. The zero-order chi connectivity index (χ0) is 59.2. The molecule has 0 aromatic rings. The molecule has 1 atom stereocenters. The van der Waals surface area contributed by atoms with E-state index in [1.165, 1.54) is 161 Å². The molecule has 6 nitrogen and oxygen atoms in total. The molecule has 0 aromatic heterocycles. The minimum atomic E-state index is -0.802. The van der Waals surface area contributed by atoms with Crippen LogP contribution in [-0.2, 0) is 28.6 Å². The number of hydrogen-bond acceptors (Lipinski definition) is 6. The van der Waals surface area contributed by atoms with Gasteiger partial charge in [-0.3, -0.25) is 14.4 Å². The average Bonchev–Trinajstić information content (AvgIpc) is 3.47. The summed E-state index contributed by atoms with van der Waals surface area (Å²) in [5, 5.41) is 0. The molecule has 0 rings (SSSR count). The fourth-order valence-electron chi connectivity index (χ4n) is 9.57. The van der Waals surface area contributed by atoms with Crippen molar-refractivity contribution in [3.8, 4) is 0 Å². The van der Waals surface area contributed by atoms with Crippen LogP contribution in [0.5, 0.6) is 0 Å². The molecule has 6 heteroatoms. The van der Waals surface area contributed by atoms with E-state index < -0.39 is 6.10 Å². The molecule has 0 radical (unpaired) electrons. The van der Waals surface area contributed by atoms with Crippen molar-refractivity contribution < 1.29 is 28.6 Å². The topological polar surface area (TPSA) is 78.9 Å². The number of ether oxygens (including phenoxy) is 3. The quantitative estimate of drug-likeness (QED) is 0.0261. The number of rotatable bonds is 62. The Morgan fingerprint density at radius 2 is 0.476 bits per heavy atom. The first-order chi connectivity index (χ1) is 40.5. The molecule has 0 aliphatic heterocycles. The van der Waals surface area contributed by atoms with Crippen LogP contribution in [0.25, 0.3) is 0 Å². The Balaban J connectivity index is 4.38. The van der Waals surface area contributed by atoms with Crippen molar-refractivity contribution in [2.75, 3.05) is 13.2 Å². The van der Waals surface area contributed by atoms with Gasteiger partial charge in [0.2, 0.25) is 0 Å². The van der Waals surface area contributed by atoms with Crippen molar-refractivity contribution >= 4 is 17.9 Å². The molecule has 0 aliphatic carbocycles. The van der Waals surface area contributed by atoms with E-state index in [0.29, 0.717) is 12.8 Å². The standard InChI is InChI=1S/C76H128O6/c1-4-7-10-13-16-19-22-25-28-31-34-35-36-37-38-39-40-41-43-45-48-51-54-57-60-63-66-69-75(78)81-72-73(71-80-74(77)68-65-62-59-56-53-50-47-44-33-30-27-24-21-18-15-12-9-6-3)82-76(79)70-67-64-61-58-55-52-49-46-42-32-29-26-23-20-17-14-11-8-5-2/h7-8,10-11,16-17,19-20,25-26,28-30,33-35,42,46,52,55,73H,4-6,9,12-15,18,21-24,27,31-32,36-41,43-45,47-51,53-54,56-72H2,1-3H3/b10-7-,11-8-,19-16-,20-17-,28-25-,29-26-,33-30-,35-34-,46-42-,55-52-. The highest BCUT2D eigenvalue weighted by Gasteiger charge is 2.19. The van der Waals surface area contributed by atoms with Crippen LogP contribution in [0.2, 0.25) is 0 Å². The van der Waals surface area contributed by atoms with Crippen molar-refractivity contribution in [1.82, 2.24) is 0 Å². The third-order valence-corrected chi connectivity index (χ3v) is 14.7. The largest absolute Gasteiger partial charge is 0.462 e. The van der Waals surface area contributed by atoms with Gasteiger partial charge in [0.05, 0.1) is 0 Å². The summed E-state index contributed by atoms with van der Waals surface area (Å²) in [6.07, 6.45) is 96.4. The first-order valence-corrected chi connectivity index (χ1v) is 34.5. The van der Waals surface area contributed by atoms with E-state index >= 15 is 0 Å². The van der Waals surface area contributed by atoms with Gasteiger partial charge in [0.1, 0.15) is 13.2 Å². The van der Waals surface area contributed by atoms with Gasteiger partial charge in [-0.05, 0) is 128 Å². The molecule has 0 fully saturated rings. The fraction of sp³-hybridized carbons (Fsp3) is 0.697. The highest BCUT2D eigenvalue weighted by molar-refractivity contribution is 5.71. The molecule has 0 spiro atoms.